The van der Waals surface area contributed by atoms with E-state index in [1.165, 1.54) is 6.07 Å². The van der Waals surface area contributed by atoms with Crippen molar-refractivity contribution in [3.8, 4) is 17.1 Å². The molecule has 1 aliphatic heterocycles. The summed E-state index contributed by atoms with van der Waals surface area (Å²) >= 11 is 12.4. The first-order valence-corrected chi connectivity index (χ1v) is 10.2. The molecular formula is C22H19Cl2NO4. The Morgan fingerprint density at radius 3 is 2.59 bits per heavy atom. The molecule has 7 heteroatoms. The Labute approximate surface area is 177 Å². The lowest BCUT2D eigenvalue weighted by Gasteiger charge is -2.26. The van der Waals surface area contributed by atoms with Gasteiger partial charge in [0.1, 0.15) is 5.58 Å². The van der Waals surface area contributed by atoms with Crippen molar-refractivity contribution in [1.82, 2.24) is 4.90 Å². The van der Waals surface area contributed by atoms with Gasteiger partial charge in [-0.1, -0.05) is 35.3 Å². The van der Waals surface area contributed by atoms with Gasteiger partial charge in [-0.3, -0.25) is 9.59 Å². The first-order valence-electron chi connectivity index (χ1n) is 9.46. The lowest BCUT2D eigenvalue weighted by Crippen LogP contribution is -2.39. The van der Waals surface area contributed by atoms with Crippen molar-refractivity contribution in [1.29, 1.82) is 0 Å². The van der Waals surface area contributed by atoms with E-state index in [0.29, 0.717) is 34.3 Å². The fourth-order valence-electron chi connectivity index (χ4n) is 3.47. The zero-order chi connectivity index (χ0) is 20.4. The predicted octanol–water partition coefficient (Wildman–Crippen LogP) is 5.16. The molecule has 4 rings (SSSR count). The van der Waals surface area contributed by atoms with Gasteiger partial charge in [-0.2, -0.15) is 0 Å². The van der Waals surface area contributed by atoms with Crippen LogP contribution < -0.4 is 10.2 Å². The molecular weight excluding hydrogens is 413 g/mol. The Hall–Kier alpha value is -2.50. The number of carbonyl (C=O) groups excluding carboxylic acids is 1. The zero-order valence-corrected chi connectivity index (χ0v) is 17.1. The average Bonchev–Trinajstić information content (AvgIpc) is 2.74. The summed E-state index contributed by atoms with van der Waals surface area (Å²) in [4.78, 5) is 27.5. The molecule has 2 heterocycles. The molecule has 1 saturated heterocycles. The number of ether oxygens (including phenoxy) is 1. The van der Waals surface area contributed by atoms with Crippen molar-refractivity contribution in [2.75, 3.05) is 19.7 Å². The van der Waals surface area contributed by atoms with Crippen LogP contribution in [0.25, 0.3) is 22.3 Å². The zero-order valence-electron chi connectivity index (χ0n) is 15.6. The minimum atomic E-state index is -0.393. The third kappa shape index (κ3) is 4.11. The number of fused-ring (bicyclic) bond motifs is 1. The van der Waals surface area contributed by atoms with Crippen LogP contribution in [0.3, 0.4) is 0 Å². The molecule has 5 nitrogen and oxygen atoms in total. The first kappa shape index (κ1) is 19.8. The van der Waals surface area contributed by atoms with Gasteiger partial charge >= 0.3 is 0 Å². The van der Waals surface area contributed by atoms with E-state index < -0.39 is 5.43 Å². The van der Waals surface area contributed by atoms with Crippen molar-refractivity contribution in [2.45, 2.75) is 19.3 Å². The summed E-state index contributed by atoms with van der Waals surface area (Å²) in [6, 6.07) is 11.8. The number of carbonyl (C=O) groups is 1. The average molecular weight is 432 g/mol. The topological polar surface area (TPSA) is 59.8 Å². The highest BCUT2D eigenvalue weighted by Gasteiger charge is 2.22. The van der Waals surface area contributed by atoms with Gasteiger partial charge in [0.15, 0.2) is 12.4 Å². The van der Waals surface area contributed by atoms with Crippen LogP contribution in [0.5, 0.6) is 5.75 Å². The number of hydrogen-bond acceptors (Lipinski definition) is 4. The lowest BCUT2D eigenvalue weighted by atomic mass is 10.1. The largest absolute Gasteiger partial charge is 0.476 e. The monoisotopic (exact) mass is 431 g/mol. The summed E-state index contributed by atoms with van der Waals surface area (Å²) in [7, 11) is 0. The Bertz CT molecular complexity index is 1120. The van der Waals surface area contributed by atoms with Crippen LogP contribution in [0.4, 0.5) is 0 Å². The minimum absolute atomic E-state index is 0.0433. The molecule has 0 saturated carbocycles. The normalized spacial score (nSPS) is 14.2. The Kier molecular flexibility index (Phi) is 5.79. The first-order chi connectivity index (χ1) is 14.0. The van der Waals surface area contributed by atoms with Gasteiger partial charge in [-0.25, -0.2) is 0 Å². The Balaban J connectivity index is 1.76. The summed E-state index contributed by atoms with van der Waals surface area (Å²) in [5.74, 6) is 0.000456. The van der Waals surface area contributed by atoms with Crippen molar-refractivity contribution < 1.29 is 13.9 Å². The molecule has 0 N–H and O–H groups in total. The number of rotatable bonds is 4. The molecule has 0 unspecified atom stereocenters. The molecule has 150 valence electrons. The van der Waals surface area contributed by atoms with Crippen molar-refractivity contribution in [3.05, 3.63) is 62.7 Å². The second-order valence-electron chi connectivity index (χ2n) is 6.94. The molecule has 0 aliphatic carbocycles. The molecule has 3 aromatic rings. The molecule has 0 atom stereocenters. The van der Waals surface area contributed by atoms with Crippen LogP contribution in [-0.4, -0.2) is 30.5 Å². The van der Waals surface area contributed by atoms with Gasteiger partial charge in [0, 0.05) is 23.7 Å². The summed E-state index contributed by atoms with van der Waals surface area (Å²) in [6.07, 6.45) is 3.08. The molecule has 29 heavy (non-hydrogen) atoms. The van der Waals surface area contributed by atoms with Crippen LogP contribution in [-0.2, 0) is 4.79 Å². The van der Waals surface area contributed by atoms with Gasteiger partial charge < -0.3 is 14.1 Å². The highest BCUT2D eigenvalue weighted by molar-refractivity contribution is 6.33. The van der Waals surface area contributed by atoms with E-state index in [9.17, 15) is 9.59 Å². The number of halogens is 2. The van der Waals surface area contributed by atoms with E-state index >= 15 is 0 Å². The quantitative estimate of drug-likeness (QED) is 0.572. The molecule has 1 aromatic heterocycles. The van der Waals surface area contributed by atoms with Crippen LogP contribution in [0, 0.1) is 0 Å². The molecule has 1 aliphatic rings. The van der Waals surface area contributed by atoms with Crippen molar-refractivity contribution in [3.63, 3.8) is 0 Å². The number of nitrogens with zero attached hydrogens (tertiary/aromatic N) is 1. The number of hydrogen-bond donors (Lipinski definition) is 0. The molecule has 0 bridgehead atoms. The van der Waals surface area contributed by atoms with Crippen LogP contribution in [0.2, 0.25) is 10.0 Å². The highest BCUT2D eigenvalue weighted by atomic mass is 35.5. The van der Waals surface area contributed by atoms with Gasteiger partial charge in [0.05, 0.1) is 10.4 Å². The number of likely N-dealkylation sites (tertiary alicyclic amines) is 1. The highest BCUT2D eigenvalue weighted by Crippen LogP contribution is 2.35. The second kappa shape index (κ2) is 8.47. The summed E-state index contributed by atoms with van der Waals surface area (Å²) < 4.78 is 11.7. The van der Waals surface area contributed by atoms with E-state index in [0.717, 1.165) is 19.3 Å². The molecule has 2 aromatic carbocycles. The van der Waals surface area contributed by atoms with Gasteiger partial charge in [0.25, 0.3) is 5.91 Å². The summed E-state index contributed by atoms with van der Waals surface area (Å²) in [5, 5.41) is 1.11. The van der Waals surface area contributed by atoms with Crippen LogP contribution in [0.15, 0.2) is 51.7 Å². The third-order valence-electron chi connectivity index (χ3n) is 4.98. The minimum Gasteiger partial charge on any atom is -0.476 e. The summed E-state index contributed by atoms with van der Waals surface area (Å²) in [6.45, 7) is 1.18. The second-order valence-corrected chi connectivity index (χ2v) is 7.78. The molecule has 0 radical (unpaired) electrons. The maximum atomic E-state index is 13.2. The van der Waals surface area contributed by atoms with Crippen LogP contribution in [0.1, 0.15) is 19.3 Å². The standard InChI is InChI=1S/C22H19Cl2NO4/c23-14-8-9-18-16(12-14)20(27)22(21(29-18)15-6-2-3-7-17(15)24)28-13-19(26)25-10-4-1-5-11-25/h2-3,6-9,12H,1,4-5,10-11,13H2. The van der Waals surface area contributed by atoms with E-state index in [4.69, 9.17) is 32.4 Å². The molecule has 1 amide bonds. The lowest BCUT2D eigenvalue weighted by molar-refractivity contribution is -0.134. The van der Waals surface area contributed by atoms with E-state index in [-0.39, 0.29) is 29.4 Å². The smallest absolute Gasteiger partial charge is 0.260 e. The Morgan fingerprint density at radius 2 is 1.83 bits per heavy atom. The van der Waals surface area contributed by atoms with Gasteiger partial charge in [-0.15, -0.1) is 0 Å². The molecule has 1 fully saturated rings. The fraction of sp³-hybridized carbons (Fsp3) is 0.273. The van der Waals surface area contributed by atoms with E-state index in [2.05, 4.69) is 0 Å². The fourth-order valence-corrected chi connectivity index (χ4v) is 3.87. The number of benzene rings is 2. The van der Waals surface area contributed by atoms with Gasteiger partial charge in [-0.05, 0) is 49.6 Å². The predicted molar refractivity (Wildman–Crippen MR) is 114 cm³/mol. The van der Waals surface area contributed by atoms with Crippen molar-refractivity contribution in [2.24, 2.45) is 0 Å². The van der Waals surface area contributed by atoms with Crippen LogP contribution >= 0.6 is 23.2 Å². The molecule has 0 spiro atoms. The maximum absolute atomic E-state index is 13.2. The third-order valence-corrected chi connectivity index (χ3v) is 5.54. The Morgan fingerprint density at radius 1 is 1.07 bits per heavy atom. The SMILES string of the molecule is O=C(COc1c(-c2ccccc2Cl)oc2ccc(Cl)cc2c1=O)N1CCCCC1. The van der Waals surface area contributed by atoms with Gasteiger partial charge in [0.2, 0.25) is 11.2 Å². The number of amides is 1. The van der Waals surface area contributed by atoms with E-state index in [1.807, 2.05) is 0 Å². The number of piperidine rings is 1. The summed E-state index contributed by atoms with van der Waals surface area (Å²) in [5.41, 5.74) is 0.489. The van der Waals surface area contributed by atoms with E-state index in [1.54, 1.807) is 41.3 Å². The van der Waals surface area contributed by atoms with Crippen molar-refractivity contribution >= 4 is 40.1 Å². The maximum Gasteiger partial charge on any atom is 0.260 e.